The first-order chi connectivity index (χ1) is 32.5. The molecule has 8 rings (SSSR count). The van der Waals surface area contributed by atoms with E-state index in [0.29, 0.717) is 139 Å². The maximum Gasteiger partial charge on any atom is 0.211 e. The minimum absolute atomic E-state index is 0.00134. The highest BCUT2D eigenvalue weighted by Crippen LogP contribution is 2.39. The molecule has 2 aliphatic heterocycles. The second-order valence-electron chi connectivity index (χ2n) is 15.8. The zero-order valence-electron chi connectivity index (χ0n) is 37.5. The number of methoxy groups -OCH3 is 1. The molecule has 68 heavy (non-hydrogen) atoms. The molecule has 0 bridgehead atoms. The standard InChI is InChI=1S/C23H26ClFN4O5S.C22H24ClFN4O4S/c1-32-9-10-33-21-13-20-17(12-22(21)34-16-5-7-29(8-6-16)35(2,30)31)23(27-14-26-20)28-15-3-4-19(25)18(24)11-15;1-3-31-20-12-19-16(11-21(20)32-15-6-8-28(9-7-15)33(2,29)30)22(26-13-25-19)27-14-4-5-18(24)17(23)10-14/h3-4,11-14,16H,5-10H2,1-2H3,(H,26,27,28);4-5,10-13,15H,3,6-9H2,1-2H3,(H,25,26,27). The number of anilines is 4. The van der Waals surface area contributed by atoms with Crippen LogP contribution in [0.15, 0.2) is 73.3 Å². The molecule has 2 fully saturated rings. The van der Waals surface area contributed by atoms with E-state index >= 15 is 0 Å². The minimum atomic E-state index is -3.23. The number of ether oxygens (including phenoxy) is 5. The van der Waals surface area contributed by atoms with E-state index in [1.54, 1.807) is 43.5 Å². The van der Waals surface area contributed by atoms with Crippen molar-refractivity contribution in [3.05, 3.63) is 95.0 Å². The molecule has 0 amide bonds. The Morgan fingerprint density at radius 3 is 1.43 bits per heavy atom. The summed E-state index contributed by atoms with van der Waals surface area (Å²) in [5.41, 5.74) is 2.39. The number of nitrogens with one attached hydrogen (secondary N) is 2. The van der Waals surface area contributed by atoms with Crippen molar-refractivity contribution in [3.8, 4) is 23.0 Å². The second kappa shape index (κ2) is 22.3. The van der Waals surface area contributed by atoms with Crippen LogP contribution in [-0.2, 0) is 24.8 Å². The fraction of sp³-hybridized carbons (Fsp3) is 0.378. The Labute approximate surface area is 403 Å². The molecule has 2 saturated heterocycles. The Kier molecular flexibility index (Phi) is 16.6. The highest BCUT2D eigenvalue weighted by Gasteiger charge is 2.29. The zero-order chi connectivity index (χ0) is 48.6. The van der Waals surface area contributed by atoms with Crippen molar-refractivity contribution in [2.24, 2.45) is 0 Å². The first-order valence-corrected chi connectivity index (χ1v) is 25.9. The lowest BCUT2D eigenvalue weighted by atomic mass is 10.1. The van der Waals surface area contributed by atoms with Gasteiger partial charge in [0.25, 0.3) is 0 Å². The highest BCUT2D eigenvalue weighted by molar-refractivity contribution is 7.88. The Morgan fingerprint density at radius 2 is 1.04 bits per heavy atom. The van der Waals surface area contributed by atoms with Crippen LogP contribution in [0.5, 0.6) is 23.0 Å². The lowest BCUT2D eigenvalue weighted by molar-refractivity contribution is 0.120. The molecule has 364 valence electrons. The van der Waals surface area contributed by atoms with Gasteiger partial charge in [0.15, 0.2) is 23.0 Å². The highest BCUT2D eigenvalue weighted by atomic mass is 35.5. The average Bonchev–Trinajstić information content (AvgIpc) is 3.30. The van der Waals surface area contributed by atoms with Crippen LogP contribution >= 0.6 is 23.2 Å². The van der Waals surface area contributed by atoms with E-state index in [2.05, 4.69) is 30.6 Å². The van der Waals surface area contributed by atoms with Crippen LogP contribution in [0.25, 0.3) is 21.8 Å². The number of hydrogen-bond donors (Lipinski definition) is 2. The quantitative estimate of drug-likeness (QED) is 0.0877. The van der Waals surface area contributed by atoms with Gasteiger partial charge in [-0.1, -0.05) is 23.2 Å². The van der Waals surface area contributed by atoms with E-state index in [4.69, 9.17) is 46.9 Å². The minimum Gasteiger partial charge on any atom is -0.490 e. The topological polar surface area (TPSA) is 197 Å². The molecule has 0 atom stereocenters. The van der Waals surface area contributed by atoms with Gasteiger partial charge in [0.05, 0.1) is 46.8 Å². The fourth-order valence-corrected chi connectivity index (χ4v) is 9.58. The van der Waals surface area contributed by atoms with Crippen molar-refractivity contribution < 1.29 is 49.3 Å². The average molecular weight is 1020 g/mol. The van der Waals surface area contributed by atoms with Crippen LogP contribution in [0, 0.1) is 11.6 Å². The smallest absolute Gasteiger partial charge is 0.211 e. The SMILES string of the molecule is CCOc1cc2ncnc(Nc3ccc(F)c(Cl)c3)c2cc1OC1CCN(S(C)(=O)=O)CC1.COCCOc1cc2ncnc(Nc3ccc(F)c(Cl)c3)c2cc1OC1CCN(S(C)(=O)=O)CC1. The van der Waals surface area contributed by atoms with E-state index < -0.39 is 31.7 Å². The van der Waals surface area contributed by atoms with E-state index in [9.17, 15) is 25.6 Å². The summed E-state index contributed by atoms with van der Waals surface area (Å²) in [4.78, 5) is 17.3. The molecular formula is C45H50Cl2F2N8O9S2. The van der Waals surface area contributed by atoms with Gasteiger partial charge in [0.2, 0.25) is 20.0 Å². The summed E-state index contributed by atoms with van der Waals surface area (Å²) in [5.74, 6) is 2.02. The lowest BCUT2D eigenvalue weighted by Gasteiger charge is -2.31. The van der Waals surface area contributed by atoms with Crippen molar-refractivity contribution in [1.82, 2.24) is 28.5 Å². The first kappa shape index (κ1) is 50.5. The summed E-state index contributed by atoms with van der Waals surface area (Å²) in [6.07, 6.45) is 7.16. The molecule has 2 aromatic heterocycles. The molecule has 0 radical (unpaired) electrons. The molecule has 2 N–H and O–H groups in total. The number of nitrogens with zero attached hydrogens (tertiary/aromatic N) is 6. The number of rotatable bonds is 16. The van der Waals surface area contributed by atoms with Crippen LogP contribution in [0.4, 0.5) is 31.8 Å². The maximum atomic E-state index is 13.6. The second-order valence-corrected chi connectivity index (χ2v) is 20.6. The summed E-state index contributed by atoms with van der Waals surface area (Å²) in [5, 5.41) is 7.64. The Hall–Kier alpha value is -5.42. The van der Waals surface area contributed by atoms with Gasteiger partial charge in [-0.2, -0.15) is 0 Å². The van der Waals surface area contributed by atoms with E-state index in [1.165, 1.54) is 58.0 Å². The molecule has 2 aliphatic rings. The van der Waals surface area contributed by atoms with E-state index in [1.807, 2.05) is 6.92 Å². The number of fused-ring (bicyclic) bond motifs is 2. The molecular weight excluding hydrogens is 970 g/mol. The molecule has 0 unspecified atom stereocenters. The number of sulfonamides is 2. The largest absolute Gasteiger partial charge is 0.490 e. The number of aromatic nitrogens is 4. The summed E-state index contributed by atoms with van der Waals surface area (Å²) in [7, 11) is -4.86. The molecule has 23 heteroatoms. The molecule has 6 aromatic rings. The third kappa shape index (κ3) is 13.0. The maximum absolute atomic E-state index is 13.6. The zero-order valence-corrected chi connectivity index (χ0v) is 40.7. The normalized spacial score (nSPS) is 15.4. The van der Waals surface area contributed by atoms with Crippen LogP contribution in [0.2, 0.25) is 10.0 Å². The third-order valence-corrected chi connectivity index (χ3v) is 14.1. The van der Waals surface area contributed by atoms with Crippen molar-refractivity contribution in [1.29, 1.82) is 0 Å². The van der Waals surface area contributed by atoms with Gasteiger partial charge < -0.3 is 34.3 Å². The van der Waals surface area contributed by atoms with Gasteiger partial charge >= 0.3 is 0 Å². The number of benzene rings is 4. The van der Waals surface area contributed by atoms with Gasteiger partial charge in [-0.15, -0.1) is 0 Å². The molecule has 17 nitrogen and oxygen atoms in total. The number of piperidine rings is 2. The molecule has 0 spiro atoms. The predicted molar refractivity (Wildman–Crippen MR) is 257 cm³/mol. The van der Waals surface area contributed by atoms with Crippen LogP contribution in [-0.4, -0.2) is 123 Å². The molecule has 4 heterocycles. The van der Waals surface area contributed by atoms with Gasteiger partial charge in [0, 0.05) is 67.6 Å². The molecule has 0 aliphatic carbocycles. The summed E-state index contributed by atoms with van der Waals surface area (Å²) < 4.78 is 107. The lowest BCUT2D eigenvalue weighted by Crippen LogP contribution is -2.41. The van der Waals surface area contributed by atoms with Gasteiger partial charge in [-0.3, -0.25) is 0 Å². The van der Waals surface area contributed by atoms with Gasteiger partial charge in [-0.05, 0) is 81.1 Å². The van der Waals surface area contributed by atoms with Crippen molar-refractivity contribution in [2.75, 3.05) is 76.3 Å². The summed E-state index contributed by atoms with van der Waals surface area (Å²) >= 11 is 11.8. The van der Waals surface area contributed by atoms with Crippen LogP contribution in [0.3, 0.4) is 0 Å². The van der Waals surface area contributed by atoms with Gasteiger partial charge in [0.1, 0.15) is 54.7 Å². The van der Waals surface area contributed by atoms with E-state index in [-0.39, 0.29) is 22.3 Å². The first-order valence-electron chi connectivity index (χ1n) is 21.5. The van der Waals surface area contributed by atoms with Crippen LogP contribution < -0.4 is 29.6 Å². The van der Waals surface area contributed by atoms with Crippen molar-refractivity contribution in [2.45, 2.75) is 44.8 Å². The van der Waals surface area contributed by atoms with Crippen molar-refractivity contribution >= 4 is 88.1 Å². The Balaban J connectivity index is 0.000000202. The monoisotopic (exact) mass is 1020 g/mol. The summed E-state index contributed by atoms with van der Waals surface area (Å²) in [6.45, 7) is 4.62. The van der Waals surface area contributed by atoms with Crippen LogP contribution in [0.1, 0.15) is 32.6 Å². The van der Waals surface area contributed by atoms with Gasteiger partial charge in [-0.25, -0.2) is 54.2 Å². The van der Waals surface area contributed by atoms with E-state index in [0.717, 1.165) is 0 Å². The Morgan fingerprint density at radius 1 is 0.618 bits per heavy atom. The number of hydrogen-bond acceptors (Lipinski definition) is 15. The molecule has 4 aromatic carbocycles. The number of halogens is 4. The summed E-state index contributed by atoms with van der Waals surface area (Å²) in [6, 6.07) is 15.8. The predicted octanol–water partition coefficient (Wildman–Crippen LogP) is 8.36. The fourth-order valence-electron chi connectivity index (χ4n) is 7.47. The molecule has 0 saturated carbocycles. The van der Waals surface area contributed by atoms with Crippen molar-refractivity contribution in [3.63, 3.8) is 0 Å². The Bertz CT molecular complexity index is 2970. The third-order valence-electron chi connectivity index (χ3n) is 10.9.